The summed E-state index contributed by atoms with van der Waals surface area (Å²) in [5.41, 5.74) is 0.733. The van der Waals surface area contributed by atoms with E-state index in [0.717, 1.165) is 11.3 Å². The number of thioether (sulfide) groups is 1. The van der Waals surface area contributed by atoms with Crippen molar-refractivity contribution in [2.45, 2.75) is 39.3 Å². The van der Waals surface area contributed by atoms with E-state index < -0.39 is 6.10 Å². The average molecular weight is 323 g/mol. The van der Waals surface area contributed by atoms with Crippen molar-refractivity contribution < 1.29 is 9.90 Å². The van der Waals surface area contributed by atoms with Crippen LogP contribution in [-0.2, 0) is 4.79 Å². The van der Waals surface area contributed by atoms with Crippen LogP contribution >= 0.6 is 24.0 Å². The Hall–Kier alpha value is -0.910. The standard InChI is InChI=1S/C16H21NO2S2/c1-16(2,3)13-10-21-15(20)17(13)14(19)9-12(18)11-7-5-4-6-8-11/h4-8,12-13,18H,9-10H2,1-3H3/t12-,13+/m0/s1. The molecule has 3 nitrogen and oxygen atoms in total. The number of carbonyl (C=O) groups is 1. The van der Waals surface area contributed by atoms with E-state index in [4.69, 9.17) is 12.2 Å². The normalized spacial score (nSPS) is 20.7. The van der Waals surface area contributed by atoms with Crippen LogP contribution in [0.4, 0.5) is 0 Å². The minimum absolute atomic E-state index is 0.0269. The zero-order valence-electron chi connectivity index (χ0n) is 12.6. The lowest BCUT2D eigenvalue weighted by atomic mass is 9.87. The predicted octanol–water partition coefficient (Wildman–Crippen LogP) is 3.39. The molecule has 114 valence electrons. The first-order valence-electron chi connectivity index (χ1n) is 7.02. The maximum Gasteiger partial charge on any atom is 0.231 e. The summed E-state index contributed by atoms with van der Waals surface area (Å²) in [5, 5.41) is 10.2. The molecule has 0 saturated carbocycles. The van der Waals surface area contributed by atoms with Gasteiger partial charge in [-0.2, -0.15) is 0 Å². The van der Waals surface area contributed by atoms with Gasteiger partial charge in [-0.25, -0.2) is 0 Å². The molecular weight excluding hydrogens is 302 g/mol. The quantitative estimate of drug-likeness (QED) is 0.866. The number of carbonyl (C=O) groups excluding carboxylic acids is 1. The summed E-state index contributed by atoms with van der Waals surface area (Å²) in [6, 6.07) is 9.35. The van der Waals surface area contributed by atoms with E-state index in [1.165, 1.54) is 0 Å². The first-order valence-corrected chi connectivity index (χ1v) is 8.42. The van der Waals surface area contributed by atoms with Crippen LogP contribution in [-0.4, -0.2) is 32.0 Å². The fourth-order valence-electron chi connectivity index (χ4n) is 2.39. The highest BCUT2D eigenvalue weighted by Gasteiger charge is 2.41. The number of rotatable bonds is 3. The molecule has 1 aromatic rings. The average Bonchev–Trinajstić information content (AvgIpc) is 2.81. The van der Waals surface area contributed by atoms with Gasteiger partial charge in [-0.05, 0) is 11.0 Å². The zero-order chi connectivity index (χ0) is 15.6. The SMILES string of the molecule is CC(C)(C)[C@H]1CSC(=S)N1C(=O)C[C@H](O)c1ccccc1. The van der Waals surface area contributed by atoms with Gasteiger partial charge in [0.25, 0.3) is 0 Å². The Balaban J connectivity index is 2.10. The molecule has 1 aliphatic rings. The van der Waals surface area contributed by atoms with Crippen LogP contribution in [0, 0.1) is 5.41 Å². The molecule has 0 unspecified atom stereocenters. The molecule has 1 heterocycles. The van der Waals surface area contributed by atoms with E-state index in [1.807, 2.05) is 30.3 Å². The minimum Gasteiger partial charge on any atom is -0.388 e. The van der Waals surface area contributed by atoms with Crippen LogP contribution in [0.5, 0.6) is 0 Å². The van der Waals surface area contributed by atoms with Crippen molar-refractivity contribution in [1.29, 1.82) is 0 Å². The molecule has 1 saturated heterocycles. The Morgan fingerprint density at radius 2 is 2.05 bits per heavy atom. The number of nitrogens with zero attached hydrogens (tertiary/aromatic N) is 1. The lowest BCUT2D eigenvalue weighted by Gasteiger charge is -2.34. The van der Waals surface area contributed by atoms with E-state index in [9.17, 15) is 9.90 Å². The van der Waals surface area contributed by atoms with Gasteiger partial charge >= 0.3 is 0 Å². The number of hydrogen-bond donors (Lipinski definition) is 1. The van der Waals surface area contributed by atoms with Crippen LogP contribution < -0.4 is 0 Å². The summed E-state index contributed by atoms with van der Waals surface area (Å²) < 4.78 is 0.625. The number of hydrogen-bond acceptors (Lipinski definition) is 4. The number of amides is 1. The minimum atomic E-state index is -0.785. The van der Waals surface area contributed by atoms with E-state index in [2.05, 4.69) is 20.8 Å². The van der Waals surface area contributed by atoms with Crippen LogP contribution in [0.25, 0.3) is 0 Å². The Labute approximate surface area is 135 Å². The molecule has 5 heteroatoms. The summed E-state index contributed by atoms with van der Waals surface area (Å²) in [6.45, 7) is 6.33. The van der Waals surface area contributed by atoms with E-state index in [-0.39, 0.29) is 23.8 Å². The third kappa shape index (κ3) is 3.84. The van der Waals surface area contributed by atoms with Crippen LogP contribution in [0.2, 0.25) is 0 Å². The Bertz CT molecular complexity index is 525. The summed E-state index contributed by atoms with van der Waals surface area (Å²) in [4.78, 5) is 14.3. The van der Waals surface area contributed by atoms with Gasteiger partial charge in [0.1, 0.15) is 4.32 Å². The smallest absolute Gasteiger partial charge is 0.231 e. The fraction of sp³-hybridized carbons (Fsp3) is 0.500. The summed E-state index contributed by atoms with van der Waals surface area (Å²) >= 11 is 6.87. The van der Waals surface area contributed by atoms with Gasteiger partial charge < -0.3 is 5.11 Å². The Morgan fingerprint density at radius 1 is 1.43 bits per heavy atom. The molecule has 0 spiro atoms. The highest BCUT2D eigenvalue weighted by atomic mass is 32.2. The third-order valence-corrected chi connectivity index (χ3v) is 5.17. The lowest BCUT2D eigenvalue weighted by Crippen LogP contribution is -2.46. The van der Waals surface area contributed by atoms with E-state index >= 15 is 0 Å². The first-order chi connectivity index (χ1) is 9.80. The van der Waals surface area contributed by atoms with Crippen molar-refractivity contribution in [3.63, 3.8) is 0 Å². The number of benzene rings is 1. The van der Waals surface area contributed by atoms with Crippen molar-refractivity contribution >= 4 is 34.2 Å². The maximum absolute atomic E-state index is 12.6. The lowest BCUT2D eigenvalue weighted by molar-refractivity contribution is -0.131. The third-order valence-electron chi connectivity index (χ3n) is 3.69. The topological polar surface area (TPSA) is 40.5 Å². The summed E-state index contributed by atoms with van der Waals surface area (Å²) in [5.74, 6) is 0.733. The maximum atomic E-state index is 12.6. The second-order valence-corrected chi connectivity index (χ2v) is 8.01. The summed E-state index contributed by atoms with van der Waals surface area (Å²) in [7, 11) is 0. The zero-order valence-corrected chi connectivity index (χ0v) is 14.2. The molecule has 0 bridgehead atoms. The number of aliphatic hydroxyl groups is 1. The van der Waals surface area contributed by atoms with Gasteiger partial charge in [0.15, 0.2) is 0 Å². The monoisotopic (exact) mass is 323 g/mol. The molecule has 0 aliphatic carbocycles. The van der Waals surface area contributed by atoms with Crippen molar-refractivity contribution in [2.75, 3.05) is 5.75 Å². The number of thiocarbonyl (C=S) groups is 1. The van der Waals surface area contributed by atoms with Crippen LogP contribution in [0.15, 0.2) is 30.3 Å². The molecule has 1 aromatic carbocycles. The molecule has 1 fully saturated rings. The van der Waals surface area contributed by atoms with Gasteiger partial charge in [0.05, 0.1) is 18.6 Å². The molecule has 1 amide bonds. The molecule has 21 heavy (non-hydrogen) atoms. The Morgan fingerprint density at radius 3 is 2.62 bits per heavy atom. The van der Waals surface area contributed by atoms with Gasteiger partial charge in [-0.3, -0.25) is 9.69 Å². The highest BCUT2D eigenvalue weighted by Crippen LogP contribution is 2.36. The molecule has 1 N–H and O–H groups in total. The number of aliphatic hydroxyl groups excluding tert-OH is 1. The van der Waals surface area contributed by atoms with Crippen molar-refractivity contribution in [3.8, 4) is 0 Å². The van der Waals surface area contributed by atoms with Gasteiger partial charge in [-0.15, -0.1) is 0 Å². The molecule has 1 aliphatic heterocycles. The molecule has 0 aromatic heterocycles. The van der Waals surface area contributed by atoms with Crippen LogP contribution in [0.1, 0.15) is 38.9 Å². The van der Waals surface area contributed by atoms with Crippen molar-refractivity contribution in [2.24, 2.45) is 5.41 Å². The molecule has 2 atom stereocenters. The second-order valence-electron chi connectivity index (χ2n) is 6.35. The fourth-order valence-corrected chi connectivity index (χ4v) is 4.14. The molecule has 2 rings (SSSR count). The Kier molecular flexibility index (Phi) is 5.07. The van der Waals surface area contributed by atoms with E-state index in [1.54, 1.807) is 16.7 Å². The van der Waals surface area contributed by atoms with Crippen molar-refractivity contribution in [1.82, 2.24) is 4.90 Å². The van der Waals surface area contributed by atoms with Gasteiger partial charge in [-0.1, -0.05) is 75.1 Å². The molecular formula is C16H21NO2S2. The van der Waals surface area contributed by atoms with Gasteiger partial charge in [0.2, 0.25) is 5.91 Å². The van der Waals surface area contributed by atoms with Gasteiger partial charge in [0, 0.05) is 5.75 Å². The van der Waals surface area contributed by atoms with E-state index in [0.29, 0.717) is 4.32 Å². The largest absolute Gasteiger partial charge is 0.388 e. The molecule has 0 radical (unpaired) electrons. The van der Waals surface area contributed by atoms with Crippen LogP contribution in [0.3, 0.4) is 0 Å². The summed E-state index contributed by atoms with van der Waals surface area (Å²) in [6.07, 6.45) is -0.718. The first kappa shape index (κ1) is 16.5. The second kappa shape index (κ2) is 6.46. The predicted molar refractivity (Wildman–Crippen MR) is 91.2 cm³/mol. The highest BCUT2D eigenvalue weighted by molar-refractivity contribution is 8.23. The van der Waals surface area contributed by atoms with Crippen molar-refractivity contribution in [3.05, 3.63) is 35.9 Å².